The van der Waals surface area contributed by atoms with E-state index in [1.54, 1.807) is 5.92 Å². The predicted octanol–water partition coefficient (Wildman–Crippen LogP) is 3.12. The fourth-order valence-electron chi connectivity index (χ4n) is 1.57. The maximum Gasteiger partial charge on any atom is 0.0528 e. The van der Waals surface area contributed by atoms with Crippen LogP contribution in [0, 0.1) is 5.92 Å². The SMILES string of the molecule is C=CCCCOC[C]1CCCC1. The van der Waals surface area contributed by atoms with Gasteiger partial charge in [0.25, 0.3) is 0 Å². The van der Waals surface area contributed by atoms with Gasteiger partial charge in [-0.15, -0.1) is 6.58 Å². The van der Waals surface area contributed by atoms with Crippen LogP contribution in [0.2, 0.25) is 0 Å². The Balaban J connectivity index is 1.84. The first-order valence-electron chi connectivity index (χ1n) is 4.95. The van der Waals surface area contributed by atoms with Crippen LogP contribution in [0.15, 0.2) is 12.7 Å². The van der Waals surface area contributed by atoms with Gasteiger partial charge in [0.05, 0.1) is 6.61 Å². The average molecular weight is 167 g/mol. The van der Waals surface area contributed by atoms with Crippen LogP contribution < -0.4 is 0 Å². The third kappa shape index (κ3) is 3.91. The first kappa shape index (κ1) is 9.79. The van der Waals surface area contributed by atoms with Crippen molar-refractivity contribution in [1.29, 1.82) is 0 Å². The maximum absolute atomic E-state index is 5.53. The summed E-state index contributed by atoms with van der Waals surface area (Å²) in [7, 11) is 0. The number of hydrogen-bond acceptors (Lipinski definition) is 1. The van der Waals surface area contributed by atoms with E-state index < -0.39 is 0 Å². The molecule has 1 rings (SSSR count). The summed E-state index contributed by atoms with van der Waals surface area (Å²) in [6.45, 7) is 5.49. The number of rotatable bonds is 6. The van der Waals surface area contributed by atoms with E-state index in [4.69, 9.17) is 4.74 Å². The zero-order valence-electron chi connectivity index (χ0n) is 7.85. The summed E-state index contributed by atoms with van der Waals surface area (Å²) in [5.74, 6) is 1.62. The van der Waals surface area contributed by atoms with Crippen molar-refractivity contribution in [3.63, 3.8) is 0 Å². The molecule has 1 aliphatic carbocycles. The Morgan fingerprint density at radius 3 is 2.75 bits per heavy atom. The summed E-state index contributed by atoms with van der Waals surface area (Å²) in [6.07, 6.45) is 9.53. The molecule has 1 heteroatoms. The second-order valence-electron chi connectivity index (χ2n) is 3.44. The summed E-state index contributed by atoms with van der Waals surface area (Å²) < 4.78 is 5.53. The predicted molar refractivity (Wildman–Crippen MR) is 52.0 cm³/mol. The number of allylic oxidation sites excluding steroid dienone is 1. The quantitative estimate of drug-likeness (QED) is 0.436. The van der Waals surface area contributed by atoms with Crippen molar-refractivity contribution in [2.75, 3.05) is 13.2 Å². The number of hydrogen-bond donors (Lipinski definition) is 0. The molecular formula is C11H19O. The van der Waals surface area contributed by atoms with Gasteiger partial charge in [0.1, 0.15) is 0 Å². The lowest BCUT2D eigenvalue weighted by Gasteiger charge is -2.08. The van der Waals surface area contributed by atoms with Gasteiger partial charge in [-0.3, -0.25) is 0 Å². The molecule has 0 amide bonds. The van der Waals surface area contributed by atoms with Gasteiger partial charge in [0, 0.05) is 12.5 Å². The molecule has 0 aromatic heterocycles. The minimum Gasteiger partial charge on any atom is -0.381 e. The molecule has 0 N–H and O–H groups in total. The molecule has 1 aliphatic rings. The smallest absolute Gasteiger partial charge is 0.0528 e. The van der Waals surface area contributed by atoms with E-state index in [0.717, 1.165) is 26.1 Å². The summed E-state index contributed by atoms with van der Waals surface area (Å²) in [5, 5.41) is 0. The lowest BCUT2D eigenvalue weighted by atomic mass is 10.1. The van der Waals surface area contributed by atoms with E-state index in [-0.39, 0.29) is 0 Å². The van der Waals surface area contributed by atoms with E-state index in [9.17, 15) is 0 Å². The molecule has 1 radical (unpaired) electrons. The zero-order valence-corrected chi connectivity index (χ0v) is 7.85. The molecule has 0 atom stereocenters. The summed E-state index contributed by atoms with van der Waals surface area (Å²) in [5.41, 5.74) is 0. The van der Waals surface area contributed by atoms with Crippen molar-refractivity contribution >= 4 is 0 Å². The molecule has 0 saturated heterocycles. The summed E-state index contributed by atoms with van der Waals surface area (Å²) in [4.78, 5) is 0. The van der Waals surface area contributed by atoms with Crippen LogP contribution in [0.25, 0.3) is 0 Å². The fraction of sp³-hybridized carbons (Fsp3) is 0.727. The molecule has 0 heterocycles. The van der Waals surface area contributed by atoms with Gasteiger partial charge in [0.15, 0.2) is 0 Å². The van der Waals surface area contributed by atoms with Gasteiger partial charge >= 0.3 is 0 Å². The maximum atomic E-state index is 5.53. The topological polar surface area (TPSA) is 9.23 Å². The molecular weight excluding hydrogens is 148 g/mol. The van der Waals surface area contributed by atoms with Gasteiger partial charge < -0.3 is 4.74 Å². The molecule has 0 bridgehead atoms. The zero-order chi connectivity index (χ0) is 8.65. The second kappa shape index (κ2) is 6.24. The van der Waals surface area contributed by atoms with Crippen molar-refractivity contribution in [1.82, 2.24) is 0 Å². The Labute approximate surface area is 75.8 Å². The normalized spacial score (nSPS) is 18.3. The van der Waals surface area contributed by atoms with Crippen LogP contribution in [0.3, 0.4) is 0 Å². The largest absolute Gasteiger partial charge is 0.381 e. The summed E-state index contributed by atoms with van der Waals surface area (Å²) in [6, 6.07) is 0. The Hall–Kier alpha value is -0.300. The molecule has 12 heavy (non-hydrogen) atoms. The van der Waals surface area contributed by atoms with Gasteiger partial charge in [-0.2, -0.15) is 0 Å². The van der Waals surface area contributed by atoms with Crippen molar-refractivity contribution in [3.8, 4) is 0 Å². The highest BCUT2D eigenvalue weighted by Crippen LogP contribution is 2.26. The molecule has 0 aromatic carbocycles. The van der Waals surface area contributed by atoms with E-state index in [1.165, 1.54) is 25.7 Å². The van der Waals surface area contributed by atoms with Gasteiger partial charge in [-0.25, -0.2) is 0 Å². The third-order valence-electron chi connectivity index (χ3n) is 2.31. The first-order valence-corrected chi connectivity index (χ1v) is 4.95. The monoisotopic (exact) mass is 167 g/mol. The van der Waals surface area contributed by atoms with Crippen molar-refractivity contribution in [2.45, 2.75) is 38.5 Å². The lowest BCUT2D eigenvalue weighted by molar-refractivity contribution is 0.139. The third-order valence-corrected chi connectivity index (χ3v) is 2.31. The Morgan fingerprint density at radius 2 is 2.08 bits per heavy atom. The average Bonchev–Trinajstić information content (AvgIpc) is 2.57. The van der Waals surface area contributed by atoms with Crippen LogP contribution in [0.4, 0.5) is 0 Å². The van der Waals surface area contributed by atoms with E-state index in [0.29, 0.717) is 0 Å². The molecule has 0 unspecified atom stereocenters. The van der Waals surface area contributed by atoms with Gasteiger partial charge in [0.2, 0.25) is 0 Å². The van der Waals surface area contributed by atoms with Crippen LogP contribution in [0.1, 0.15) is 38.5 Å². The fourth-order valence-corrected chi connectivity index (χ4v) is 1.57. The van der Waals surface area contributed by atoms with Gasteiger partial charge in [-0.05, 0) is 25.7 Å². The van der Waals surface area contributed by atoms with Crippen molar-refractivity contribution < 1.29 is 4.74 Å². The minimum atomic E-state index is 0.898. The van der Waals surface area contributed by atoms with Crippen LogP contribution >= 0.6 is 0 Å². The number of ether oxygens (including phenoxy) is 1. The molecule has 1 fully saturated rings. The standard InChI is InChI=1S/C11H19O/c1-2-3-6-9-12-10-11-7-4-5-8-11/h2H,1,3-10H2. The van der Waals surface area contributed by atoms with Gasteiger partial charge in [-0.1, -0.05) is 18.9 Å². The molecule has 1 saturated carbocycles. The Kier molecular flexibility index (Phi) is 5.09. The molecule has 0 aliphatic heterocycles. The highest BCUT2D eigenvalue weighted by Gasteiger charge is 2.14. The lowest BCUT2D eigenvalue weighted by Crippen LogP contribution is -2.04. The van der Waals surface area contributed by atoms with Crippen LogP contribution in [-0.4, -0.2) is 13.2 Å². The van der Waals surface area contributed by atoms with E-state index >= 15 is 0 Å². The van der Waals surface area contributed by atoms with Crippen molar-refractivity contribution in [2.24, 2.45) is 0 Å². The van der Waals surface area contributed by atoms with Crippen LogP contribution in [-0.2, 0) is 4.74 Å². The first-order chi connectivity index (χ1) is 5.93. The second-order valence-corrected chi connectivity index (χ2v) is 3.44. The molecule has 1 nitrogen and oxygen atoms in total. The molecule has 69 valence electrons. The van der Waals surface area contributed by atoms with Crippen molar-refractivity contribution in [3.05, 3.63) is 18.6 Å². The Morgan fingerprint density at radius 1 is 1.33 bits per heavy atom. The summed E-state index contributed by atoms with van der Waals surface area (Å²) >= 11 is 0. The Bertz CT molecular complexity index is 114. The highest BCUT2D eigenvalue weighted by atomic mass is 16.5. The van der Waals surface area contributed by atoms with Crippen LogP contribution in [0.5, 0.6) is 0 Å². The van der Waals surface area contributed by atoms with E-state index in [2.05, 4.69) is 6.58 Å². The minimum absolute atomic E-state index is 0.898. The molecule has 0 spiro atoms. The van der Waals surface area contributed by atoms with E-state index in [1.807, 2.05) is 6.08 Å². The number of unbranched alkanes of at least 4 members (excludes halogenated alkanes) is 1. The molecule has 0 aromatic rings. The highest BCUT2D eigenvalue weighted by molar-refractivity contribution is 4.94.